The van der Waals surface area contributed by atoms with E-state index in [-0.39, 0.29) is 6.54 Å². The molecule has 4 rings (SSSR count). The Bertz CT molecular complexity index is 1410. The van der Waals surface area contributed by atoms with E-state index in [4.69, 9.17) is 4.74 Å². The number of rotatable bonds is 8. The largest absolute Gasteiger partial charge is 0.573 e. The molecule has 0 unspecified atom stereocenters. The molecule has 11 heteroatoms. The number of pyridine rings is 1. The predicted octanol–water partition coefficient (Wildman–Crippen LogP) is 5.29. The van der Waals surface area contributed by atoms with E-state index < -0.39 is 23.5 Å². The number of nitrogens with zero attached hydrogens (tertiary/aromatic N) is 3. The molecule has 4 aromatic rings. The van der Waals surface area contributed by atoms with E-state index in [1.54, 1.807) is 49.4 Å². The quantitative estimate of drug-likeness (QED) is 0.332. The molecule has 0 saturated carbocycles. The number of ether oxygens (including phenoxy) is 2. The molecule has 0 aliphatic rings. The first-order chi connectivity index (χ1) is 17.1. The van der Waals surface area contributed by atoms with Crippen molar-refractivity contribution in [1.29, 1.82) is 0 Å². The zero-order valence-electron chi connectivity index (χ0n) is 19.3. The summed E-state index contributed by atoms with van der Waals surface area (Å²) in [7, 11) is 1.74. The summed E-state index contributed by atoms with van der Waals surface area (Å²) in [5, 5.41) is 7.28. The second-order valence-electron chi connectivity index (χ2n) is 7.79. The third-order valence-corrected chi connectivity index (χ3v) is 5.22. The number of hydrogen-bond donors (Lipinski definition) is 1. The van der Waals surface area contributed by atoms with Crippen molar-refractivity contribution < 1.29 is 27.0 Å². The molecule has 2 aromatic heterocycles. The second-order valence-corrected chi connectivity index (χ2v) is 7.79. The summed E-state index contributed by atoms with van der Waals surface area (Å²) in [5.74, 6) is -0.433. The van der Waals surface area contributed by atoms with Gasteiger partial charge in [0, 0.05) is 66.2 Å². The zero-order valence-corrected chi connectivity index (χ0v) is 19.3. The average molecular weight is 502 g/mol. The number of benzene rings is 2. The Morgan fingerprint density at radius 3 is 2.36 bits per heavy atom. The van der Waals surface area contributed by atoms with Crippen LogP contribution in [0.5, 0.6) is 11.5 Å². The van der Waals surface area contributed by atoms with Crippen molar-refractivity contribution in [2.24, 2.45) is 7.05 Å². The number of aromatic nitrogens is 3. The highest BCUT2D eigenvalue weighted by Gasteiger charge is 2.31. The summed E-state index contributed by atoms with van der Waals surface area (Å²) < 4.78 is 64.0. The summed E-state index contributed by atoms with van der Waals surface area (Å²) >= 11 is 0. The van der Waals surface area contributed by atoms with Gasteiger partial charge in [-0.05, 0) is 37.3 Å². The van der Waals surface area contributed by atoms with E-state index in [1.165, 1.54) is 28.8 Å². The Kier molecular flexibility index (Phi) is 7.00. The molecule has 0 radical (unpaired) electrons. The van der Waals surface area contributed by atoms with Gasteiger partial charge in [-0.15, -0.1) is 13.2 Å². The van der Waals surface area contributed by atoms with Crippen molar-refractivity contribution >= 4 is 5.69 Å². The fourth-order valence-electron chi connectivity index (χ4n) is 3.60. The van der Waals surface area contributed by atoms with E-state index in [0.29, 0.717) is 40.4 Å². The minimum absolute atomic E-state index is 0.0957. The van der Waals surface area contributed by atoms with E-state index >= 15 is 0 Å². The average Bonchev–Trinajstić information content (AvgIpc) is 3.24. The van der Waals surface area contributed by atoms with Crippen molar-refractivity contribution in [2.75, 3.05) is 11.9 Å². The highest BCUT2D eigenvalue weighted by molar-refractivity contribution is 5.76. The van der Waals surface area contributed by atoms with Crippen LogP contribution in [0, 0.1) is 5.82 Å². The summed E-state index contributed by atoms with van der Waals surface area (Å²) in [6.07, 6.45) is 0.0813. The van der Waals surface area contributed by atoms with Crippen LogP contribution in [0.25, 0.3) is 16.8 Å². The van der Waals surface area contributed by atoms with Crippen molar-refractivity contribution in [3.05, 3.63) is 88.9 Å². The number of hydrogen-bond acceptors (Lipinski definition) is 5. The molecule has 188 valence electrons. The SMILES string of the molecule is CCOc1ccc(CNc2cc(=O)n(-c3ccc(OC(F)(F)F)cc3)cc2-c2cnn(C)c2)c(F)c1. The molecule has 2 heterocycles. The summed E-state index contributed by atoms with van der Waals surface area (Å²) in [4.78, 5) is 12.9. The molecule has 0 saturated heterocycles. The summed E-state index contributed by atoms with van der Waals surface area (Å²) in [6, 6.07) is 10.8. The minimum Gasteiger partial charge on any atom is -0.494 e. The van der Waals surface area contributed by atoms with Gasteiger partial charge in [-0.2, -0.15) is 5.10 Å². The van der Waals surface area contributed by atoms with Crippen LogP contribution < -0.4 is 20.3 Å². The van der Waals surface area contributed by atoms with Crippen LogP contribution in [0.3, 0.4) is 0 Å². The number of alkyl halides is 3. The molecule has 7 nitrogen and oxygen atoms in total. The standard InChI is InChI=1S/C25H22F4N4O3/c1-3-35-20-7-4-16(22(26)10-20)12-30-23-11-24(34)33(15-21(23)17-13-31-32(2)14-17)18-5-8-19(9-6-18)36-25(27,28)29/h4-11,13-15,30H,3,12H2,1-2H3. The Morgan fingerprint density at radius 1 is 1.03 bits per heavy atom. The van der Waals surface area contributed by atoms with Crippen LogP contribution in [0.2, 0.25) is 0 Å². The molecular weight excluding hydrogens is 480 g/mol. The Labute approximate surface area is 203 Å². The lowest BCUT2D eigenvalue weighted by Crippen LogP contribution is -2.19. The summed E-state index contributed by atoms with van der Waals surface area (Å²) in [5.41, 5.74) is 1.97. The van der Waals surface area contributed by atoms with Crippen LogP contribution >= 0.6 is 0 Å². The molecule has 0 aliphatic heterocycles. The highest BCUT2D eigenvalue weighted by atomic mass is 19.4. The Hall–Kier alpha value is -4.28. The predicted molar refractivity (Wildman–Crippen MR) is 126 cm³/mol. The van der Waals surface area contributed by atoms with Gasteiger partial charge in [-0.25, -0.2) is 4.39 Å². The first-order valence-corrected chi connectivity index (χ1v) is 10.9. The molecule has 0 amide bonds. The van der Waals surface area contributed by atoms with Gasteiger partial charge in [0.2, 0.25) is 0 Å². The second kappa shape index (κ2) is 10.1. The normalized spacial score (nSPS) is 11.4. The monoisotopic (exact) mass is 502 g/mol. The van der Waals surface area contributed by atoms with Gasteiger partial charge >= 0.3 is 6.36 Å². The van der Waals surface area contributed by atoms with Crippen molar-refractivity contribution in [3.63, 3.8) is 0 Å². The number of anilines is 1. The Balaban J connectivity index is 1.67. The third kappa shape index (κ3) is 5.85. The van der Waals surface area contributed by atoms with Crippen LogP contribution in [0.1, 0.15) is 12.5 Å². The maximum absolute atomic E-state index is 14.5. The minimum atomic E-state index is -4.82. The van der Waals surface area contributed by atoms with Gasteiger partial charge in [0.25, 0.3) is 5.56 Å². The molecule has 0 fully saturated rings. The van der Waals surface area contributed by atoms with Crippen LogP contribution in [-0.2, 0) is 13.6 Å². The lowest BCUT2D eigenvalue weighted by Gasteiger charge is -2.15. The van der Waals surface area contributed by atoms with E-state index in [0.717, 1.165) is 12.1 Å². The topological polar surface area (TPSA) is 70.3 Å². The molecule has 0 bridgehead atoms. The van der Waals surface area contributed by atoms with Crippen LogP contribution in [0.15, 0.2) is 71.9 Å². The van der Waals surface area contributed by atoms with Crippen LogP contribution in [0.4, 0.5) is 23.2 Å². The number of halogens is 4. The lowest BCUT2D eigenvalue weighted by atomic mass is 10.1. The van der Waals surface area contributed by atoms with Crippen LogP contribution in [-0.4, -0.2) is 27.3 Å². The maximum atomic E-state index is 14.5. The van der Waals surface area contributed by atoms with Crippen molar-refractivity contribution in [2.45, 2.75) is 19.8 Å². The van der Waals surface area contributed by atoms with Gasteiger partial charge < -0.3 is 14.8 Å². The first kappa shape index (κ1) is 24.8. The highest BCUT2D eigenvalue weighted by Crippen LogP contribution is 2.29. The molecular formula is C25H22F4N4O3. The number of aryl methyl sites for hydroxylation is 1. The van der Waals surface area contributed by atoms with Crippen molar-refractivity contribution in [3.8, 4) is 28.3 Å². The fourth-order valence-corrected chi connectivity index (χ4v) is 3.60. The lowest BCUT2D eigenvalue weighted by molar-refractivity contribution is -0.274. The molecule has 1 N–H and O–H groups in total. The van der Waals surface area contributed by atoms with Gasteiger partial charge in [-0.3, -0.25) is 14.0 Å². The van der Waals surface area contributed by atoms with Crippen molar-refractivity contribution in [1.82, 2.24) is 14.3 Å². The van der Waals surface area contributed by atoms with E-state index in [9.17, 15) is 22.4 Å². The smallest absolute Gasteiger partial charge is 0.494 e. The summed E-state index contributed by atoms with van der Waals surface area (Å²) in [6.45, 7) is 2.32. The third-order valence-electron chi connectivity index (χ3n) is 5.22. The number of nitrogens with one attached hydrogen (secondary N) is 1. The zero-order chi connectivity index (χ0) is 25.9. The van der Waals surface area contributed by atoms with E-state index in [1.807, 2.05) is 0 Å². The van der Waals surface area contributed by atoms with Gasteiger partial charge in [-0.1, -0.05) is 6.07 Å². The van der Waals surface area contributed by atoms with E-state index in [2.05, 4.69) is 15.2 Å². The van der Waals surface area contributed by atoms with Gasteiger partial charge in [0.15, 0.2) is 0 Å². The Morgan fingerprint density at radius 2 is 1.75 bits per heavy atom. The first-order valence-electron chi connectivity index (χ1n) is 10.9. The maximum Gasteiger partial charge on any atom is 0.573 e. The van der Waals surface area contributed by atoms with Gasteiger partial charge in [0.1, 0.15) is 17.3 Å². The van der Waals surface area contributed by atoms with Gasteiger partial charge in [0.05, 0.1) is 12.8 Å². The molecule has 0 aliphatic carbocycles. The molecule has 2 aromatic carbocycles. The molecule has 0 spiro atoms. The fraction of sp³-hybridized carbons (Fsp3) is 0.200. The molecule has 0 atom stereocenters. The molecule has 36 heavy (non-hydrogen) atoms.